The average molecular weight is 304 g/mol. The number of carbonyl (C=O) groups excluding carboxylic acids is 1. The number of H-pyrrole nitrogens is 1. The normalized spacial score (nSPS) is 18.0. The van der Waals surface area contributed by atoms with Gasteiger partial charge >= 0.3 is 5.97 Å². The van der Waals surface area contributed by atoms with E-state index in [1.807, 2.05) is 12.1 Å². The Bertz CT molecular complexity index is 635. The number of methoxy groups -OCH3 is 1. The minimum Gasteiger partial charge on any atom is -0.464 e. The summed E-state index contributed by atoms with van der Waals surface area (Å²) in [5.41, 5.74) is 1.14. The third-order valence-electron chi connectivity index (χ3n) is 3.30. The molecule has 8 nitrogen and oxygen atoms in total. The van der Waals surface area contributed by atoms with Crippen molar-refractivity contribution in [1.82, 2.24) is 20.7 Å². The van der Waals surface area contributed by atoms with Gasteiger partial charge in [0.25, 0.3) is 5.88 Å². The van der Waals surface area contributed by atoms with Gasteiger partial charge in [0.15, 0.2) is 0 Å². The number of morpholine rings is 1. The summed E-state index contributed by atoms with van der Waals surface area (Å²) >= 11 is 0. The molecular formula is C14H16N4O4. The van der Waals surface area contributed by atoms with E-state index in [-0.39, 0.29) is 17.7 Å². The topological polar surface area (TPSA) is 98.4 Å². The van der Waals surface area contributed by atoms with Crippen LogP contribution >= 0.6 is 0 Å². The van der Waals surface area contributed by atoms with Gasteiger partial charge in [0.2, 0.25) is 5.69 Å². The van der Waals surface area contributed by atoms with Gasteiger partial charge in [-0.3, -0.25) is 0 Å². The second-order valence-electron chi connectivity index (χ2n) is 4.72. The lowest BCUT2D eigenvalue weighted by atomic mass is 10.1. The zero-order valence-electron chi connectivity index (χ0n) is 12.0. The van der Waals surface area contributed by atoms with E-state index < -0.39 is 5.97 Å². The van der Waals surface area contributed by atoms with Crippen LogP contribution in [0, 0.1) is 0 Å². The molecule has 3 rings (SSSR count). The quantitative estimate of drug-likeness (QED) is 0.814. The highest BCUT2D eigenvalue weighted by molar-refractivity contribution is 5.89. The molecule has 8 heteroatoms. The van der Waals surface area contributed by atoms with Gasteiger partial charge in [0.05, 0.1) is 19.8 Å². The van der Waals surface area contributed by atoms with Crippen molar-refractivity contribution in [2.24, 2.45) is 0 Å². The molecule has 0 radical (unpaired) electrons. The number of nitrogens with zero attached hydrogens (tertiary/aromatic N) is 2. The molecule has 1 unspecified atom stereocenters. The van der Waals surface area contributed by atoms with Gasteiger partial charge in [0.1, 0.15) is 5.75 Å². The summed E-state index contributed by atoms with van der Waals surface area (Å²) < 4.78 is 15.9. The van der Waals surface area contributed by atoms with Crippen LogP contribution in [0.5, 0.6) is 11.6 Å². The van der Waals surface area contributed by atoms with Gasteiger partial charge in [-0.05, 0) is 17.7 Å². The number of nitrogens with one attached hydrogen (secondary N) is 2. The van der Waals surface area contributed by atoms with E-state index in [2.05, 4.69) is 25.5 Å². The summed E-state index contributed by atoms with van der Waals surface area (Å²) in [6.45, 7) is 2.36. The highest BCUT2D eigenvalue weighted by Gasteiger charge is 2.19. The van der Waals surface area contributed by atoms with E-state index in [9.17, 15) is 4.79 Å². The molecule has 0 saturated carbocycles. The molecule has 1 aromatic carbocycles. The van der Waals surface area contributed by atoms with E-state index >= 15 is 0 Å². The first kappa shape index (κ1) is 14.5. The fourth-order valence-electron chi connectivity index (χ4n) is 2.17. The Kier molecular flexibility index (Phi) is 4.31. The Hall–Kier alpha value is -2.45. The second-order valence-corrected chi connectivity index (χ2v) is 4.72. The molecular weight excluding hydrogens is 288 g/mol. The van der Waals surface area contributed by atoms with Crippen molar-refractivity contribution in [2.75, 3.05) is 26.8 Å². The predicted octanol–water partition coefficient (Wildman–Crippen LogP) is 1.04. The number of carbonyl (C=O) groups is 1. The first-order valence-electron chi connectivity index (χ1n) is 6.87. The maximum Gasteiger partial charge on any atom is 0.361 e. The molecule has 1 aromatic heterocycles. The molecule has 2 aromatic rings. The van der Waals surface area contributed by atoms with Crippen molar-refractivity contribution in [3.05, 3.63) is 35.5 Å². The first-order valence-corrected chi connectivity index (χ1v) is 6.87. The Labute approximate surface area is 126 Å². The first-order chi connectivity index (χ1) is 10.8. The van der Waals surface area contributed by atoms with Gasteiger partial charge in [-0.15, -0.1) is 0 Å². The van der Waals surface area contributed by atoms with E-state index in [0.29, 0.717) is 12.4 Å². The summed E-state index contributed by atoms with van der Waals surface area (Å²) in [5.74, 6) is 0.0417. The van der Waals surface area contributed by atoms with Crippen LogP contribution in [0.3, 0.4) is 0 Å². The number of hydrogen-bond acceptors (Lipinski definition) is 7. The third-order valence-corrected chi connectivity index (χ3v) is 3.30. The third kappa shape index (κ3) is 3.07. The SMILES string of the molecule is COC(=O)c1[nH]nnc1Oc1ccc(C2CNCCO2)cc1. The molecule has 116 valence electrons. The molecule has 1 aliphatic heterocycles. The number of rotatable bonds is 4. The number of aromatic nitrogens is 3. The number of hydrogen-bond donors (Lipinski definition) is 2. The summed E-state index contributed by atoms with van der Waals surface area (Å²) in [6.07, 6.45) is 0.0421. The minimum absolute atomic E-state index is 0.0421. The van der Waals surface area contributed by atoms with E-state index in [1.54, 1.807) is 12.1 Å². The maximum atomic E-state index is 11.5. The van der Waals surface area contributed by atoms with Gasteiger partial charge in [-0.1, -0.05) is 22.4 Å². The van der Waals surface area contributed by atoms with Crippen LogP contribution in [0.25, 0.3) is 0 Å². The highest BCUT2D eigenvalue weighted by Crippen LogP contribution is 2.25. The van der Waals surface area contributed by atoms with Gasteiger partial charge in [-0.2, -0.15) is 0 Å². The summed E-state index contributed by atoms with van der Waals surface area (Å²) in [5, 5.41) is 13.0. The number of esters is 1. The van der Waals surface area contributed by atoms with Crippen LogP contribution in [0.15, 0.2) is 24.3 Å². The van der Waals surface area contributed by atoms with Crippen molar-refractivity contribution in [1.29, 1.82) is 0 Å². The summed E-state index contributed by atoms with van der Waals surface area (Å²) in [4.78, 5) is 11.5. The smallest absolute Gasteiger partial charge is 0.361 e. The van der Waals surface area contributed by atoms with Crippen LogP contribution < -0.4 is 10.1 Å². The van der Waals surface area contributed by atoms with Crippen LogP contribution in [0.1, 0.15) is 22.2 Å². The Morgan fingerprint density at radius 3 is 2.86 bits per heavy atom. The lowest BCUT2D eigenvalue weighted by Crippen LogP contribution is -2.33. The fraction of sp³-hybridized carbons (Fsp3) is 0.357. The molecule has 1 atom stereocenters. The van der Waals surface area contributed by atoms with Gasteiger partial charge in [-0.25, -0.2) is 9.89 Å². The largest absolute Gasteiger partial charge is 0.464 e. The van der Waals surface area contributed by atoms with Crippen molar-refractivity contribution in [3.8, 4) is 11.6 Å². The Morgan fingerprint density at radius 1 is 1.36 bits per heavy atom. The number of ether oxygens (including phenoxy) is 3. The second kappa shape index (κ2) is 6.54. The Balaban J connectivity index is 1.71. The molecule has 2 N–H and O–H groups in total. The van der Waals surface area contributed by atoms with Crippen molar-refractivity contribution in [3.63, 3.8) is 0 Å². The van der Waals surface area contributed by atoms with E-state index in [1.165, 1.54) is 7.11 Å². The molecule has 1 aliphatic rings. The van der Waals surface area contributed by atoms with Crippen LogP contribution in [0.2, 0.25) is 0 Å². The summed E-state index contributed by atoms with van der Waals surface area (Å²) in [7, 11) is 1.28. The molecule has 0 amide bonds. The maximum absolute atomic E-state index is 11.5. The molecule has 0 aliphatic carbocycles. The highest BCUT2D eigenvalue weighted by atomic mass is 16.5. The molecule has 0 bridgehead atoms. The minimum atomic E-state index is -0.585. The summed E-state index contributed by atoms with van der Waals surface area (Å²) in [6, 6.07) is 7.43. The lowest BCUT2D eigenvalue weighted by molar-refractivity contribution is 0.0277. The van der Waals surface area contributed by atoms with Crippen LogP contribution in [-0.2, 0) is 9.47 Å². The number of aromatic amines is 1. The molecule has 0 spiro atoms. The standard InChI is InChI=1S/C14H16N4O4/c1-20-14(19)12-13(17-18-16-12)22-10-4-2-9(3-5-10)11-8-15-6-7-21-11/h2-5,11,15H,6-8H2,1H3,(H,16,17,18). The van der Waals surface area contributed by atoms with Crippen LogP contribution in [-0.4, -0.2) is 48.2 Å². The monoisotopic (exact) mass is 304 g/mol. The van der Waals surface area contributed by atoms with Crippen LogP contribution in [0.4, 0.5) is 0 Å². The Morgan fingerprint density at radius 2 is 2.18 bits per heavy atom. The zero-order valence-corrected chi connectivity index (χ0v) is 12.0. The lowest BCUT2D eigenvalue weighted by Gasteiger charge is -2.23. The fourth-order valence-corrected chi connectivity index (χ4v) is 2.17. The molecule has 1 saturated heterocycles. The zero-order chi connectivity index (χ0) is 15.4. The average Bonchev–Trinajstić information content (AvgIpc) is 3.04. The molecule has 22 heavy (non-hydrogen) atoms. The van der Waals surface area contributed by atoms with Crippen molar-refractivity contribution < 1.29 is 19.0 Å². The van der Waals surface area contributed by atoms with E-state index in [0.717, 1.165) is 18.7 Å². The molecule has 1 fully saturated rings. The van der Waals surface area contributed by atoms with Gasteiger partial charge < -0.3 is 19.5 Å². The predicted molar refractivity (Wildman–Crippen MR) is 75.8 cm³/mol. The number of benzene rings is 1. The van der Waals surface area contributed by atoms with E-state index in [4.69, 9.17) is 9.47 Å². The van der Waals surface area contributed by atoms with Crippen molar-refractivity contribution >= 4 is 5.97 Å². The van der Waals surface area contributed by atoms with Gasteiger partial charge in [0, 0.05) is 13.1 Å². The van der Waals surface area contributed by atoms with Crippen molar-refractivity contribution in [2.45, 2.75) is 6.10 Å². The molecule has 2 heterocycles.